The minimum atomic E-state index is 0.201. The van der Waals surface area contributed by atoms with E-state index in [1.165, 1.54) is 12.8 Å². The van der Waals surface area contributed by atoms with Gasteiger partial charge in [0.15, 0.2) is 0 Å². The maximum absolute atomic E-state index is 11.4. The normalized spacial score (nSPS) is 26.4. The maximum Gasteiger partial charge on any atom is 0.220 e. The molecular formula is C11H19NO2. The lowest BCUT2D eigenvalue weighted by molar-refractivity contribution is -0.121. The van der Waals surface area contributed by atoms with Crippen molar-refractivity contribution in [1.82, 2.24) is 5.32 Å². The molecule has 1 saturated heterocycles. The summed E-state index contributed by atoms with van der Waals surface area (Å²) in [5.74, 6) is 0.981. The topological polar surface area (TPSA) is 38.3 Å². The summed E-state index contributed by atoms with van der Waals surface area (Å²) in [5, 5.41) is 2.97. The summed E-state index contributed by atoms with van der Waals surface area (Å²) in [6.45, 7) is 1.78. The Morgan fingerprint density at radius 3 is 2.86 bits per heavy atom. The number of rotatable bonds is 5. The summed E-state index contributed by atoms with van der Waals surface area (Å²) in [6, 6.07) is 0. The van der Waals surface area contributed by atoms with Gasteiger partial charge in [-0.05, 0) is 38.0 Å². The van der Waals surface area contributed by atoms with Crippen LogP contribution in [0.2, 0.25) is 0 Å². The van der Waals surface area contributed by atoms with E-state index in [2.05, 4.69) is 5.32 Å². The van der Waals surface area contributed by atoms with Crippen molar-refractivity contribution in [2.24, 2.45) is 5.92 Å². The molecule has 2 aliphatic rings. The van der Waals surface area contributed by atoms with E-state index < -0.39 is 0 Å². The Morgan fingerprint density at radius 1 is 1.36 bits per heavy atom. The number of amides is 1. The zero-order chi connectivity index (χ0) is 9.80. The van der Waals surface area contributed by atoms with Crippen LogP contribution in [0.15, 0.2) is 0 Å². The van der Waals surface area contributed by atoms with E-state index in [4.69, 9.17) is 4.74 Å². The van der Waals surface area contributed by atoms with Gasteiger partial charge < -0.3 is 10.1 Å². The van der Waals surface area contributed by atoms with Gasteiger partial charge in [-0.1, -0.05) is 0 Å². The van der Waals surface area contributed by atoms with Crippen LogP contribution in [0.4, 0.5) is 0 Å². The molecule has 80 valence electrons. The third-order valence-corrected chi connectivity index (χ3v) is 3.00. The molecule has 1 saturated carbocycles. The predicted molar refractivity (Wildman–Crippen MR) is 53.9 cm³/mol. The van der Waals surface area contributed by atoms with Crippen molar-refractivity contribution in [3.05, 3.63) is 0 Å². The third-order valence-electron chi connectivity index (χ3n) is 3.00. The Kier molecular flexibility index (Phi) is 3.40. The van der Waals surface area contributed by atoms with Gasteiger partial charge in [0.05, 0.1) is 6.10 Å². The van der Waals surface area contributed by atoms with E-state index in [0.717, 1.165) is 38.3 Å². The zero-order valence-corrected chi connectivity index (χ0v) is 8.63. The Hall–Kier alpha value is -0.570. The second kappa shape index (κ2) is 4.78. The summed E-state index contributed by atoms with van der Waals surface area (Å²) < 4.78 is 5.46. The molecule has 0 aromatic carbocycles. The van der Waals surface area contributed by atoms with Crippen molar-refractivity contribution in [3.8, 4) is 0 Å². The number of hydrogen-bond donors (Lipinski definition) is 1. The predicted octanol–water partition coefficient (Wildman–Crippen LogP) is 1.47. The lowest BCUT2D eigenvalue weighted by Gasteiger charge is -2.08. The molecule has 0 aromatic rings. The lowest BCUT2D eigenvalue weighted by atomic mass is 10.1. The van der Waals surface area contributed by atoms with Gasteiger partial charge in [-0.2, -0.15) is 0 Å². The third kappa shape index (κ3) is 3.29. The first kappa shape index (κ1) is 9.97. The van der Waals surface area contributed by atoms with Crippen LogP contribution in [0, 0.1) is 5.92 Å². The van der Waals surface area contributed by atoms with Gasteiger partial charge in [0, 0.05) is 19.6 Å². The molecule has 1 aliphatic heterocycles. The first-order chi connectivity index (χ1) is 6.84. The Labute approximate surface area is 85.2 Å². The molecule has 1 heterocycles. The van der Waals surface area contributed by atoms with Gasteiger partial charge in [-0.25, -0.2) is 0 Å². The monoisotopic (exact) mass is 197 g/mol. The summed E-state index contributed by atoms with van der Waals surface area (Å²) in [6.07, 6.45) is 6.78. The molecule has 0 spiro atoms. The van der Waals surface area contributed by atoms with E-state index in [-0.39, 0.29) is 5.91 Å². The number of carbonyl (C=O) groups is 1. The first-order valence-corrected chi connectivity index (χ1v) is 5.73. The molecule has 3 heteroatoms. The van der Waals surface area contributed by atoms with E-state index >= 15 is 0 Å². The fraction of sp³-hybridized carbons (Fsp3) is 0.909. The number of carbonyl (C=O) groups excluding carboxylic acids is 1. The molecule has 0 bridgehead atoms. The maximum atomic E-state index is 11.4. The molecule has 14 heavy (non-hydrogen) atoms. The van der Waals surface area contributed by atoms with Crippen LogP contribution < -0.4 is 5.32 Å². The number of nitrogens with one attached hydrogen (secondary N) is 1. The molecular weight excluding hydrogens is 178 g/mol. The Bertz CT molecular complexity index is 195. The van der Waals surface area contributed by atoms with E-state index in [1.54, 1.807) is 0 Å². The van der Waals surface area contributed by atoms with Crippen molar-refractivity contribution < 1.29 is 9.53 Å². The van der Waals surface area contributed by atoms with Crippen molar-refractivity contribution in [2.75, 3.05) is 13.2 Å². The Morgan fingerprint density at radius 2 is 2.21 bits per heavy atom. The SMILES string of the molecule is O=C(CCC1CCCO1)NCC1CC1. The molecule has 1 amide bonds. The standard InChI is InChI=1S/C11H19NO2/c13-11(12-8-9-3-4-9)6-5-10-2-1-7-14-10/h9-10H,1-8H2,(H,12,13). The molecule has 1 unspecified atom stereocenters. The van der Waals surface area contributed by atoms with E-state index in [0.29, 0.717) is 12.5 Å². The van der Waals surface area contributed by atoms with Crippen LogP contribution in [-0.4, -0.2) is 25.2 Å². The van der Waals surface area contributed by atoms with Gasteiger partial charge in [-0.15, -0.1) is 0 Å². The average molecular weight is 197 g/mol. The summed E-state index contributed by atoms with van der Waals surface area (Å²) in [7, 11) is 0. The van der Waals surface area contributed by atoms with Gasteiger partial charge >= 0.3 is 0 Å². The average Bonchev–Trinajstić information content (AvgIpc) is 2.87. The zero-order valence-electron chi connectivity index (χ0n) is 8.63. The summed E-state index contributed by atoms with van der Waals surface area (Å²) >= 11 is 0. The smallest absolute Gasteiger partial charge is 0.220 e. The molecule has 1 aliphatic carbocycles. The first-order valence-electron chi connectivity index (χ1n) is 5.73. The van der Waals surface area contributed by atoms with E-state index in [1.807, 2.05) is 0 Å². The van der Waals surface area contributed by atoms with Crippen LogP contribution >= 0.6 is 0 Å². The molecule has 0 aromatic heterocycles. The van der Waals surface area contributed by atoms with Crippen LogP contribution in [0.25, 0.3) is 0 Å². The molecule has 3 nitrogen and oxygen atoms in total. The molecule has 0 radical (unpaired) electrons. The second-order valence-corrected chi connectivity index (χ2v) is 4.42. The second-order valence-electron chi connectivity index (χ2n) is 4.42. The molecule has 2 fully saturated rings. The highest BCUT2D eigenvalue weighted by molar-refractivity contribution is 5.75. The van der Waals surface area contributed by atoms with Gasteiger partial charge in [-0.3, -0.25) is 4.79 Å². The highest BCUT2D eigenvalue weighted by Crippen LogP contribution is 2.27. The van der Waals surface area contributed by atoms with E-state index in [9.17, 15) is 4.79 Å². The summed E-state index contributed by atoms with van der Waals surface area (Å²) in [5.41, 5.74) is 0. The quantitative estimate of drug-likeness (QED) is 0.725. The molecule has 1 atom stereocenters. The van der Waals surface area contributed by atoms with Crippen LogP contribution in [-0.2, 0) is 9.53 Å². The highest BCUT2D eigenvalue weighted by atomic mass is 16.5. The number of ether oxygens (including phenoxy) is 1. The van der Waals surface area contributed by atoms with Gasteiger partial charge in [0.25, 0.3) is 0 Å². The highest BCUT2D eigenvalue weighted by Gasteiger charge is 2.22. The Balaban J connectivity index is 1.52. The minimum Gasteiger partial charge on any atom is -0.378 e. The van der Waals surface area contributed by atoms with Gasteiger partial charge in [0.2, 0.25) is 5.91 Å². The van der Waals surface area contributed by atoms with Gasteiger partial charge in [0.1, 0.15) is 0 Å². The number of hydrogen-bond acceptors (Lipinski definition) is 2. The lowest BCUT2D eigenvalue weighted by Crippen LogP contribution is -2.26. The van der Waals surface area contributed by atoms with Crippen molar-refractivity contribution in [3.63, 3.8) is 0 Å². The fourth-order valence-corrected chi connectivity index (χ4v) is 1.83. The van der Waals surface area contributed by atoms with Crippen molar-refractivity contribution >= 4 is 5.91 Å². The largest absolute Gasteiger partial charge is 0.378 e. The fourth-order valence-electron chi connectivity index (χ4n) is 1.83. The van der Waals surface area contributed by atoms with Crippen LogP contribution in [0.1, 0.15) is 38.5 Å². The van der Waals surface area contributed by atoms with Crippen molar-refractivity contribution in [1.29, 1.82) is 0 Å². The van der Waals surface area contributed by atoms with Crippen molar-refractivity contribution in [2.45, 2.75) is 44.6 Å². The minimum absolute atomic E-state index is 0.201. The van der Waals surface area contributed by atoms with Crippen LogP contribution in [0.3, 0.4) is 0 Å². The molecule has 2 rings (SSSR count). The van der Waals surface area contributed by atoms with Crippen LogP contribution in [0.5, 0.6) is 0 Å². The summed E-state index contributed by atoms with van der Waals surface area (Å²) in [4.78, 5) is 11.4. The molecule has 1 N–H and O–H groups in total.